The van der Waals surface area contributed by atoms with E-state index in [-0.39, 0.29) is 29.1 Å². The highest BCUT2D eigenvalue weighted by Crippen LogP contribution is 2.29. The molecule has 0 aliphatic rings. The van der Waals surface area contributed by atoms with Crippen LogP contribution in [-0.4, -0.2) is 43.8 Å². The zero-order valence-electron chi connectivity index (χ0n) is 26.5. The molecule has 10 heteroatoms. The van der Waals surface area contributed by atoms with Crippen molar-refractivity contribution in [3.05, 3.63) is 119 Å². The maximum Gasteiger partial charge on any atom is 0.264 e. The van der Waals surface area contributed by atoms with Gasteiger partial charge in [0.2, 0.25) is 11.8 Å². The average Bonchev–Trinajstić information content (AvgIpc) is 3.05. The summed E-state index contributed by atoms with van der Waals surface area (Å²) >= 11 is 6.49. The van der Waals surface area contributed by atoms with Crippen LogP contribution in [0.3, 0.4) is 0 Å². The Hall–Kier alpha value is -4.34. The summed E-state index contributed by atoms with van der Waals surface area (Å²) in [6.07, 6.45) is 1.03. The summed E-state index contributed by atoms with van der Waals surface area (Å²) in [7, 11) is -4.21. The highest BCUT2D eigenvalue weighted by Gasteiger charge is 2.34. The summed E-state index contributed by atoms with van der Waals surface area (Å²) in [6.45, 7) is 7.01. The first kappa shape index (κ1) is 34.5. The fourth-order valence-corrected chi connectivity index (χ4v) is 6.45. The second-order valence-electron chi connectivity index (χ2n) is 11.1. The Kier molecular flexibility index (Phi) is 11.8. The summed E-state index contributed by atoms with van der Waals surface area (Å²) in [6, 6.07) is 28.3. The highest BCUT2D eigenvalue weighted by atomic mass is 35.5. The minimum Gasteiger partial charge on any atom is -0.457 e. The standard InChI is InChI=1S/C36H40ClN3O5S/c1-5-27(4)38-36(42)34(6-2)39(24-28-12-10-11-15-33(28)37)35(41)25-40(46(43,44)32-22-16-26(3)17-23-32)29-18-20-31(21-19-29)45-30-13-8-7-9-14-30/h7-23,27,34H,5-6,24-25H2,1-4H3,(H,38,42)/t27-,34+/m1/s1. The lowest BCUT2D eigenvalue weighted by Crippen LogP contribution is -2.53. The number of nitrogens with zero attached hydrogens (tertiary/aromatic N) is 2. The Morgan fingerprint density at radius 2 is 1.43 bits per heavy atom. The molecule has 4 rings (SSSR count). The molecule has 4 aromatic carbocycles. The predicted molar refractivity (Wildman–Crippen MR) is 183 cm³/mol. The molecule has 0 unspecified atom stereocenters. The monoisotopic (exact) mass is 661 g/mol. The molecule has 242 valence electrons. The van der Waals surface area contributed by atoms with Crippen molar-refractivity contribution < 1.29 is 22.7 Å². The molecular weight excluding hydrogens is 622 g/mol. The Labute approximate surface area is 277 Å². The third-order valence-electron chi connectivity index (χ3n) is 7.68. The van der Waals surface area contributed by atoms with Crippen LogP contribution < -0.4 is 14.4 Å². The molecule has 2 amide bonds. The van der Waals surface area contributed by atoms with Crippen LogP contribution in [-0.2, 0) is 26.2 Å². The maximum absolute atomic E-state index is 14.3. The van der Waals surface area contributed by atoms with Crippen LogP contribution in [0.2, 0.25) is 5.02 Å². The largest absolute Gasteiger partial charge is 0.457 e. The van der Waals surface area contributed by atoms with Crippen molar-refractivity contribution in [2.75, 3.05) is 10.8 Å². The second kappa shape index (κ2) is 15.8. The van der Waals surface area contributed by atoms with Crippen molar-refractivity contribution in [3.8, 4) is 11.5 Å². The molecule has 0 heterocycles. The van der Waals surface area contributed by atoms with Gasteiger partial charge >= 0.3 is 0 Å². The first-order chi connectivity index (χ1) is 22.0. The van der Waals surface area contributed by atoms with Crippen molar-refractivity contribution in [2.24, 2.45) is 0 Å². The molecule has 0 bridgehead atoms. The van der Waals surface area contributed by atoms with E-state index in [2.05, 4.69) is 5.32 Å². The number of amides is 2. The lowest BCUT2D eigenvalue weighted by atomic mass is 10.1. The average molecular weight is 662 g/mol. The van der Waals surface area contributed by atoms with Gasteiger partial charge in [-0.1, -0.05) is 79.5 Å². The normalized spacial score (nSPS) is 12.5. The minimum absolute atomic E-state index is 0.0210. The topological polar surface area (TPSA) is 96.0 Å². The van der Waals surface area contributed by atoms with Gasteiger partial charge in [-0.05, 0) is 86.8 Å². The van der Waals surface area contributed by atoms with Gasteiger partial charge < -0.3 is 15.0 Å². The third kappa shape index (κ3) is 8.68. The van der Waals surface area contributed by atoms with Gasteiger partial charge in [-0.2, -0.15) is 0 Å². The lowest BCUT2D eigenvalue weighted by molar-refractivity contribution is -0.140. The van der Waals surface area contributed by atoms with Crippen LogP contribution in [0.4, 0.5) is 5.69 Å². The van der Waals surface area contributed by atoms with E-state index in [9.17, 15) is 18.0 Å². The van der Waals surface area contributed by atoms with Crippen molar-refractivity contribution in [2.45, 2.75) is 64.1 Å². The minimum atomic E-state index is -4.21. The molecule has 0 fully saturated rings. The molecule has 2 atom stereocenters. The van der Waals surface area contributed by atoms with Crippen molar-refractivity contribution in [1.29, 1.82) is 0 Å². The van der Waals surface area contributed by atoms with E-state index in [4.69, 9.17) is 16.3 Å². The van der Waals surface area contributed by atoms with E-state index >= 15 is 0 Å². The third-order valence-corrected chi connectivity index (χ3v) is 9.83. The fourth-order valence-electron chi connectivity index (χ4n) is 4.84. The number of carbonyl (C=O) groups is 2. The van der Waals surface area contributed by atoms with Crippen molar-refractivity contribution >= 4 is 39.1 Å². The van der Waals surface area contributed by atoms with Crippen LogP contribution in [0.5, 0.6) is 11.5 Å². The van der Waals surface area contributed by atoms with E-state index in [0.29, 0.717) is 34.9 Å². The number of para-hydroxylation sites is 1. The molecule has 0 spiro atoms. The van der Waals surface area contributed by atoms with Gasteiger partial charge in [0.15, 0.2) is 0 Å². The number of halogens is 1. The Bertz CT molecular complexity index is 1720. The molecule has 0 aliphatic carbocycles. The molecule has 0 aromatic heterocycles. The first-order valence-corrected chi connectivity index (χ1v) is 17.1. The Morgan fingerprint density at radius 3 is 2.04 bits per heavy atom. The number of anilines is 1. The van der Waals surface area contributed by atoms with Crippen LogP contribution >= 0.6 is 11.6 Å². The van der Waals surface area contributed by atoms with E-state index in [1.54, 1.807) is 60.7 Å². The number of benzene rings is 4. The van der Waals surface area contributed by atoms with Gasteiger partial charge in [0.05, 0.1) is 10.6 Å². The highest BCUT2D eigenvalue weighted by molar-refractivity contribution is 7.92. The number of hydrogen-bond acceptors (Lipinski definition) is 5. The van der Waals surface area contributed by atoms with Gasteiger partial charge in [0, 0.05) is 17.6 Å². The van der Waals surface area contributed by atoms with E-state index in [0.717, 1.165) is 9.87 Å². The summed E-state index contributed by atoms with van der Waals surface area (Å²) in [5.41, 5.74) is 1.81. The zero-order valence-corrected chi connectivity index (χ0v) is 28.1. The lowest BCUT2D eigenvalue weighted by Gasteiger charge is -2.34. The quantitative estimate of drug-likeness (QED) is 0.152. The van der Waals surface area contributed by atoms with Crippen molar-refractivity contribution in [1.82, 2.24) is 10.2 Å². The maximum atomic E-state index is 14.3. The summed E-state index contributed by atoms with van der Waals surface area (Å²) in [5.74, 6) is 0.270. The number of nitrogens with one attached hydrogen (secondary N) is 1. The number of carbonyl (C=O) groups excluding carboxylic acids is 2. The smallest absolute Gasteiger partial charge is 0.264 e. The van der Waals surface area contributed by atoms with Gasteiger partial charge in [-0.25, -0.2) is 8.42 Å². The SMILES string of the molecule is CC[C@@H](C)NC(=O)[C@H](CC)N(Cc1ccccc1Cl)C(=O)CN(c1ccc(Oc2ccccc2)cc1)S(=O)(=O)c1ccc(C)cc1. The summed E-state index contributed by atoms with van der Waals surface area (Å²) in [5, 5.41) is 3.42. The molecule has 0 saturated heterocycles. The van der Waals surface area contributed by atoms with Crippen LogP contribution in [0.1, 0.15) is 44.7 Å². The number of aryl methyl sites for hydroxylation is 1. The van der Waals surface area contributed by atoms with Gasteiger partial charge in [-0.15, -0.1) is 0 Å². The number of rotatable bonds is 14. The molecule has 8 nitrogen and oxygen atoms in total. The molecule has 46 heavy (non-hydrogen) atoms. The Balaban J connectivity index is 1.73. The van der Waals surface area contributed by atoms with E-state index < -0.39 is 28.5 Å². The summed E-state index contributed by atoms with van der Waals surface area (Å²) < 4.78 is 35.3. The zero-order chi connectivity index (χ0) is 33.3. The summed E-state index contributed by atoms with van der Waals surface area (Å²) in [4.78, 5) is 29.2. The van der Waals surface area contributed by atoms with E-state index in [1.807, 2.05) is 58.0 Å². The molecule has 4 aromatic rings. The molecule has 1 N–H and O–H groups in total. The van der Waals surface area contributed by atoms with Crippen molar-refractivity contribution in [3.63, 3.8) is 0 Å². The first-order valence-electron chi connectivity index (χ1n) is 15.3. The second-order valence-corrected chi connectivity index (χ2v) is 13.4. The van der Waals surface area contributed by atoms with Gasteiger partial charge in [0.1, 0.15) is 24.1 Å². The molecular formula is C36H40ClN3O5S. The fraction of sp³-hybridized carbons (Fsp3) is 0.278. The molecule has 0 radical (unpaired) electrons. The van der Waals surface area contributed by atoms with Crippen LogP contribution in [0.25, 0.3) is 0 Å². The predicted octanol–water partition coefficient (Wildman–Crippen LogP) is 7.36. The number of hydrogen-bond donors (Lipinski definition) is 1. The molecule has 0 saturated carbocycles. The van der Waals surface area contributed by atoms with Crippen LogP contribution in [0, 0.1) is 6.92 Å². The molecule has 0 aliphatic heterocycles. The van der Waals surface area contributed by atoms with E-state index in [1.165, 1.54) is 17.0 Å². The Morgan fingerprint density at radius 1 is 0.826 bits per heavy atom. The van der Waals surface area contributed by atoms with Crippen LogP contribution in [0.15, 0.2) is 108 Å². The number of sulfonamides is 1. The van der Waals surface area contributed by atoms with Gasteiger partial charge in [0.25, 0.3) is 10.0 Å². The number of ether oxygens (including phenoxy) is 1. The van der Waals surface area contributed by atoms with Gasteiger partial charge in [-0.3, -0.25) is 13.9 Å².